The van der Waals surface area contributed by atoms with E-state index in [-0.39, 0.29) is 5.92 Å². The number of esters is 1. The van der Waals surface area contributed by atoms with Crippen LogP contribution >= 0.6 is 0 Å². The van der Waals surface area contributed by atoms with Crippen LogP contribution in [0.3, 0.4) is 0 Å². The molecule has 0 spiro atoms. The highest BCUT2D eigenvalue weighted by atomic mass is 16.5. The average Bonchev–Trinajstić information content (AvgIpc) is 2.76. The largest absolute Gasteiger partial charge is 0.497 e. The van der Waals surface area contributed by atoms with Crippen molar-refractivity contribution in [2.75, 3.05) is 26.1 Å². The van der Waals surface area contributed by atoms with Crippen LogP contribution < -0.4 is 14.8 Å². The molecule has 1 amide bonds. The van der Waals surface area contributed by atoms with Gasteiger partial charge in [0.25, 0.3) is 5.91 Å². The molecule has 0 aliphatic carbocycles. The van der Waals surface area contributed by atoms with Crippen LogP contribution in [0.2, 0.25) is 0 Å². The number of nitrogens with one attached hydrogen (secondary N) is 1. The molecule has 0 unspecified atom stereocenters. The highest BCUT2D eigenvalue weighted by molar-refractivity contribution is 6.04. The molecule has 0 aliphatic heterocycles. The zero-order valence-electron chi connectivity index (χ0n) is 17.4. The summed E-state index contributed by atoms with van der Waals surface area (Å²) in [6.07, 6.45) is 0. The number of amides is 1. The van der Waals surface area contributed by atoms with Crippen LogP contribution in [0.4, 0.5) is 5.69 Å². The molecule has 7 heteroatoms. The third-order valence-corrected chi connectivity index (χ3v) is 4.52. The van der Waals surface area contributed by atoms with E-state index in [4.69, 9.17) is 14.2 Å². The van der Waals surface area contributed by atoms with Crippen LogP contribution in [-0.4, -0.2) is 37.7 Å². The van der Waals surface area contributed by atoms with Crippen molar-refractivity contribution in [1.29, 1.82) is 0 Å². The summed E-state index contributed by atoms with van der Waals surface area (Å²) in [4.78, 5) is 29.6. The Morgan fingerprint density at radius 1 is 1.00 bits per heavy atom. The summed E-state index contributed by atoms with van der Waals surface area (Å²) >= 11 is 0. The van der Waals surface area contributed by atoms with Crippen molar-refractivity contribution in [3.63, 3.8) is 0 Å². The molecule has 0 radical (unpaired) electrons. The molecule has 7 nitrogen and oxygen atoms in total. The van der Waals surface area contributed by atoms with Crippen LogP contribution in [0, 0.1) is 0 Å². The van der Waals surface area contributed by atoms with Crippen molar-refractivity contribution < 1.29 is 23.8 Å². The zero-order chi connectivity index (χ0) is 21.7. The summed E-state index contributed by atoms with van der Waals surface area (Å²) in [5.74, 6) is 0.166. The fourth-order valence-corrected chi connectivity index (χ4v) is 2.95. The first-order chi connectivity index (χ1) is 14.4. The number of ether oxygens (including phenoxy) is 3. The number of hydrogen-bond donors (Lipinski definition) is 1. The molecule has 1 N–H and O–H groups in total. The number of pyridine rings is 1. The smallest absolute Gasteiger partial charge is 0.339 e. The third-order valence-electron chi connectivity index (χ3n) is 4.52. The van der Waals surface area contributed by atoms with Gasteiger partial charge < -0.3 is 19.5 Å². The van der Waals surface area contributed by atoms with Crippen LogP contribution in [0.1, 0.15) is 35.8 Å². The lowest BCUT2D eigenvalue weighted by Gasteiger charge is -2.12. The standard InChI is InChI=1S/C23H24N2O5/c1-14(2)21-12-19(18-7-5-6-8-20(18)25-21)23(27)30-13-22(26)24-15-9-16(28-3)11-17(10-15)29-4/h5-12,14H,13H2,1-4H3,(H,24,26). The Kier molecular flexibility index (Phi) is 6.51. The van der Waals surface area contributed by atoms with E-state index in [1.165, 1.54) is 14.2 Å². The lowest BCUT2D eigenvalue weighted by atomic mass is 10.0. The minimum atomic E-state index is -0.575. The van der Waals surface area contributed by atoms with Gasteiger partial charge in [-0.25, -0.2) is 4.79 Å². The molecule has 1 heterocycles. The summed E-state index contributed by atoms with van der Waals surface area (Å²) in [5, 5.41) is 3.36. The van der Waals surface area contributed by atoms with Gasteiger partial charge in [0, 0.05) is 35.0 Å². The first kappa shape index (κ1) is 21.1. The Morgan fingerprint density at radius 2 is 1.67 bits per heavy atom. The zero-order valence-corrected chi connectivity index (χ0v) is 17.4. The van der Waals surface area contributed by atoms with Crippen molar-refractivity contribution >= 4 is 28.5 Å². The SMILES string of the molecule is COc1cc(NC(=O)COC(=O)c2cc(C(C)C)nc3ccccc23)cc(OC)c1. The molecule has 156 valence electrons. The number of para-hydroxylation sites is 1. The van der Waals surface area contributed by atoms with E-state index in [2.05, 4.69) is 10.3 Å². The number of carbonyl (C=O) groups excluding carboxylic acids is 2. The maximum absolute atomic E-state index is 12.7. The number of carbonyl (C=O) groups is 2. The van der Waals surface area contributed by atoms with Gasteiger partial charge in [0.2, 0.25) is 0 Å². The van der Waals surface area contributed by atoms with Gasteiger partial charge in [-0.1, -0.05) is 32.0 Å². The monoisotopic (exact) mass is 408 g/mol. The topological polar surface area (TPSA) is 86.8 Å². The second-order valence-corrected chi connectivity index (χ2v) is 6.99. The normalized spacial score (nSPS) is 10.7. The van der Waals surface area contributed by atoms with E-state index in [1.54, 1.807) is 24.3 Å². The third kappa shape index (κ3) is 4.86. The number of aromatic nitrogens is 1. The predicted molar refractivity (Wildman–Crippen MR) is 114 cm³/mol. The van der Waals surface area contributed by atoms with Crippen molar-refractivity contribution in [1.82, 2.24) is 4.98 Å². The fraction of sp³-hybridized carbons (Fsp3) is 0.261. The highest BCUT2D eigenvalue weighted by Crippen LogP contribution is 2.26. The summed E-state index contributed by atoms with van der Waals surface area (Å²) < 4.78 is 15.6. The van der Waals surface area contributed by atoms with E-state index in [9.17, 15) is 9.59 Å². The molecule has 3 rings (SSSR count). The molecule has 1 aromatic heterocycles. The van der Waals surface area contributed by atoms with Crippen molar-refractivity contribution in [3.05, 3.63) is 59.8 Å². The first-order valence-corrected chi connectivity index (χ1v) is 9.51. The molecule has 0 bridgehead atoms. The Hall–Kier alpha value is -3.61. The molecular weight excluding hydrogens is 384 g/mol. The van der Waals surface area contributed by atoms with Gasteiger partial charge >= 0.3 is 5.97 Å². The lowest BCUT2D eigenvalue weighted by molar-refractivity contribution is -0.119. The first-order valence-electron chi connectivity index (χ1n) is 9.51. The van der Waals surface area contributed by atoms with Crippen LogP contribution in [-0.2, 0) is 9.53 Å². The maximum Gasteiger partial charge on any atom is 0.339 e. The minimum Gasteiger partial charge on any atom is -0.497 e. The van der Waals surface area contributed by atoms with E-state index in [0.29, 0.717) is 33.7 Å². The molecular formula is C23H24N2O5. The van der Waals surface area contributed by atoms with E-state index in [0.717, 1.165) is 5.69 Å². The number of methoxy groups -OCH3 is 2. The summed E-state index contributed by atoms with van der Waals surface area (Å²) in [7, 11) is 3.04. The van der Waals surface area contributed by atoms with Crippen LogP contribution in [0.5, 0.6) is 11.5 Å². The van der Waals surface area contributed by atoms with Gasteiger partial charge in [-0.2, -0.15) is 0 Å². The highest BCUT2D eigenvalue weighted by Gasteiger charge is 2.17. The fourth-order valence-electron chi connectivity index (χ4n) is 2.95. The summed E-state index contributed by atoms with van der Waals surface area (Å²) in [6.45, 7) is 3.58. The number of hydrogen-bond acceptors (Lipinski definition) is 6. The van der Waals surface area contributed by atoms with Crippen LogP contribution in [0.15, 0.2) is 48.5 Å². The van der Waals surface area contributed by atoms with Gasteiger partial charge in [0.15, 0.2) is 6.61 Å². The molecule has 30 heavy (non-hydrogen) atoms. The lowest BCUT2D eigenvalue weighted by Crippen LogP contribution is -2.21. The minimum absolute atomic E-state index is 0.146. The quantitative estimate of drug-likeness (QED) is 0.591. The van der Waals surface area contributed by atoms with Gasteiger partial charge in [-0.3, -0.25) is 9.78 Å². The molecule has 2 aromatic carbocycles. The van der Waals surface area contributed by atoms with E-state index < -0.39 is 18.5 Å². The number of rotatable bonds is 7. The van der Waals surface area contributed by atoms with Gasteiger partial charge in [-0.05, 0) is 18.1 Å². The summed E-state index contributed by atoms with van der Waals surface area (Å²) in [6, 6.07) is 14.1. The average molecular weight is 408 g/mol. The van der Waals surface area contributed by atoms with Crippen molar-refractivity contribution in [2.45, 2.75) is 19.8 Å². The number of fused-ring (bicyclic) bond motifs is 1. The number of anilines is 1. The molecule has 3 aromatic rings. The van der Waals surface area contributed by atoms with Gasteiger partial charge in [-0.15, -0.1) is 0 Å². The molecule has 0 saturated carbocycles. The Labute approximate surface area is 175 Å². The predicted octanol–water partition coefficient (Wildman–Crippen LogP) is 4.17. The maximum atomic E-state index is 12.7. The second-order valence-electron chi connectivity index (χ2n) is 6.99. The van der Waals surface area contributed by atoms with Gasteiger partial charge in [0.1, 0.15) is 11.5 Å². The molecule has 0 saturated heterocycles. The van der Waals surface area contributed by atoms with Gasteiger partial charge in [0.05, 0.1) is 25.3 Å². The Bertz CT molecular complexity index is 1060. The number of benzene rings is 2. The number of nitrogens with zero attached hydrogens (tertiary/aromatic N) is 1. The van der Waals surface area contributed by atoms with E-state index in [1.807, 2.05) is 38.1 Å². The molecule has 0 fully saturated rings. The van der Waals surface area contributed by atoms with Crippen LogP contribution in [0.25, 0.3) is 10.9 Å². The molecule has 0 atom stereocenters. The van der Waals surface area contributed by atoms with E-state index >= 15 is 0 Å². The Balaban J connectivity index is 1.74. The Morgan fingerprint density at radius 3 is 2.30 bits per heavy atom. The summed E-state index contributed by atoms with van der Waals surface area (Å²) in [5.41, 5.74) is 2.36. The molecule has 0 aliphatic rings. The van der Waals surface area contributed by atoms with Crippen molar-refractivity contribution in [3.8, 4) is 11.5 Å². The second kappa shape index (κ2) is 9.26. The van der Waals surface area contributed by atoms with Crippen molar-refractivity contribution in [2.24, 2.45) is 0 Å².